The van der Waals surface area contributed by atoms with Crippen LogP contribution in [0, 0.1) is 0 Å². The van der Waals surface area contributed by atoms with Crippen LogP contribution in [0.1, 0.15) is 23.0 Å². The number of carbonyl (C=O) groups excluding carboxylic acids is 1. The third-order valence-corrected chi connectivity index (χ3v) is 2.25. The first kappa shape index (κ1) is 15.2. The fourth-order valence-corrected chi connectivity index (χ4v) is 1.45. The van der Waals surface area contributed by atoms with E-state index in [1.807, 2.05) is 0 Å². The molecule has 0 fully saturated rings. The number of pyridine rings is 1. The molecular formula is C11H14F3N3O2. The second kappa shape index (κ2) is 5.87. The van der Waals surface area contributed by atoms with E-state index >= 15 is 0 Å². The van der Waals surface area contributed by atoms with Crippen molar-refractivity contribution in [1.82, 2.24) is 4.98 Å². The molecule has 1 heterocycles. The molecule has 0 spiro atoms. The van der Waals surface area contributed by atoms with E-state index in [-0.39, 0.29) is 24.0 Å². The summed E-state index contributed by atoms with van der Waals surface area (Å²) in [4.78, 5) is 14.5. The van der Waals surface area contributed by atoms with E-state index in [9.17, 15) is 18.0 Å². The first-order valence-electron chi connectivity index (χ1n) is 5.39. The number of hydrogen-bond acceptors (Lipinski definition) is 4. The lowest BCUT2D eigenvalue weighted by Crippen LogP contribution is -2.25. The van der Waals surface area contributed by atoms with Crippen LogP contribution in [-0.2, 0) is 10.9 Å². The van der Waals surface area contributed by atoms with Gasteiger partial charge in [0.25, 0.3) is 5.91 Å². The van der Waals surface area contributed by atoms with Crippen molar-refractivity contribution in [1.29, 1.82) is 0 Å². The van der Waals surface area contributed by atoms with Gasteiger partial charge < -0.3 is 15.8 Å². The Morgan fingerprint density at radius 3 is 2.63 bits per heavy atom. The van der Waals surface area contributed by atoms with Gasteiger partial charge in [0.05, 0.1) is 12.2 Å². The zero-order valence-corrected chi connectivity index (χ0v) is 10.4. The third kappa shape index (κ3) is 4.09. The Hall–Kier alpha value is -1.83. The van der Waals surface area contributed by atoms with Gasteiger partial charge in [-0.1, -0.05) is 0 Å². The van der Waals surface area contributed by atoms with Crippen LogP contribution in [0.15, 0.2) is 12.1 Å². The number of rotatable bonds is 5. The number of primary amides is 1. The minimum Gasteiger partial charge on any atom is -0.383 e. The lowest BCUT2D eigenvalue weighted by atomic mass is 10.2. The number of nitrogens with one attached hydrogen (secondary N) is 1. The Balaban J connectivity index is 3.12. The van der Waals surface area contributed by atoms with E-state index in [1.54, 1.807) is 6.92 Å². The van der Waals surface area contributed by atoms with Crippen molar-refractivity contribution in [2.24, 2.45) is 5.73 Å². The standard InChI is InChI=1S/C11H14F3N3O2/c1-6(5-19-2)16-10-7(9(15)18)3-4-8(17-10)11(12,13)14/h3-4,6H,5H2,1-2H3,(H2,15,18)(H,16,17). The molecule has 0 aliphatic carbocycles. The van der Waals surface area contributed by atoms with Crippen molar-refractivity contribution in [3.8, 4) is 0 Å². The first-order valence-corrected chi connectivity index (χ1v) is 5.39. The van der Waals surface area contributed by atoms with Crippen molar-refractivity contribution in [2.75, 3.05) is 19.0 Å². The van der Waals surface area contributed by atoms with E-state index in [0.29, 0.717) is 6.07 Å². The SMILES string of the molecule is COCC(C)Nc1nc(C(F)(F)F)ccc1C(N)=O. The molecule has 0 bridgehead atoms. The molecule has 1 unspecified atom stereocenters. The van der Waals surface area contributed by atoms with Crippen LogP contribution >= 0.6 is 0 Å². The van der Waals surface area contributed by atoms with E-state index < -0.39 is 17.8 Å². The first-order chi connectivity index (χ1) is 8.75. The molecule has 1 atom stereocenters. The summed E-state index contributed by atoms with van der Waals surface area (Å²) in [6, 6.07) is 1.39. The van der Waals surface area contributed by atoms with Crippen molar-refractivity contribution in [3.63, 3.8) is 0 Å². The van der Waals surface area contributed by atoms with Gasteiger partial charge in [-0.25, -0.2) is 4.98 Å². The van der Waals surface area contributed by atoms with Crippen molar-refractivity contribution in [3.05, 3.63) is 23.4 Å². The van der Waals surface area contributed by atoms with E-state index in [4.69, 9.17) is 10.5 Å². The smallest absolute Gasteiger partial charge is 0.383 e. The van der Waals surface area contributed by atoms with Crippen LogP contribution < -0.4 is 11.1 Å². The average Bonchev–Trinajstić information content (AvgIpc) is 2.27. The average molecular weight is 277 g/mol. The maximum Gasteiger partial charge on any atom is 0.433 e. The lowest BCUT2D eigenvalue weighted by molar-refractivity contribution is -0.141. The molecule has 3 N–H and O–H groups in total. The molecule has 1 aromatic heterocycles. The summed E-state index contributed by atoms with van der Waals surface area (Å²) < 4.78 is 42.5. The summed E-state index contributed by atoms with van der Waals surface area (Å²) >= 11 is 0. The topological polar surface area (TPSA) is 77.2 Å². The van der Waals surface area contributed by atoms with Crippen LogP contribution in [0.4, 0.5) is 19.0 Å². The number of nitrogens with zero attached hydrogens (tertiary/aromatic N) is 1. The van der Waals surface area contributed by atoms with Gasteiger partial charge in [-0.05, 0) is 19.1 Å². The van der Waals surface area contributed by atoms with E-state index in [0.717, 1.165) is 6.07 Å². The summed E-state index contributed by atoms with van der Waals surface area (Å²) in [5.74, 6) is -1.06. The van der Waals surface area contributed by atoms with Gasteiger partial charge in [-0.15, -0.1) is 0 Å². The number of hydrogen-bond donors (Lipinski definition) is 2. The van der Waals surface area contributed by atoms with Crippen molar-refractivity contribution >= 4 is 11.7 Å². The Bertz CT molecular complexity index is 463. The number of halogens is 3. The summed E-state index contributed by atoms with van der Waals surface area (Å²) in [6.07, 6.45) is -4.59. The Labute approximate surface area is 108 Å². The largest absolute Gasteiger partial charge is 0.433 e. The number of nitrogens with two attached hydrogens (primary N) is 1. The highest BCUT2D eigenvalue weighted by atomic mass is 19.4. The van der Waals surface area contributed by atoms with Gasteiger partial charge in [-0.3, -0.25) is 4.79 Å². The molecule has 8 heteroatoms. The predicted molar refractivity (Wildman–Crippen MR) is 62.7 cm³/mol. The van der Waals surface area contributed by atoms with Crippen LogP contribution in [0.3, 0.4) is 0 Å². The number of anilines is 1. The summed E-state index contributed by atoms with van der Waals surface area (Å²) in [5.41, 5.74) is 3.90. The molecule has 0 aliphatic heterocycles. The fourth-order valence-electron chi connectivity index (χ4n) is 1.45. The number of ether oxygens (including phenoxy) is 1. The van der Waals surface area contributed by atoms with Crippen LogP contribution in [0.5, 0.6) is 0 Å². The number of aromatic nitrogens is 1. The second-order valence-electron chi connectivity index (χ2n) is 3.96. The number of methoxy groups -OCH3 is 1. The fraction of sp³-hybridized carbons (Fsp3) is 0.455. The monoisotopic (exact) mass is 277 g/mol. The summed E-state index contributed by atoms with van der Waals surface area (Å²) in [7, 11) is 1.45. The van der Waals surface area contributed by atoms with Crippen LogP contribution in [0.25, 0.3) is 0 Å². The molecule has 0 aromatic carbocycles. The minimum atomic E-state index is -4.59. The van der Waals surface area contributed by atoms with Crippen molar-refractivity contribution < 1.29 is 22.7 Å². The Kier molecular flexibility index (Phi) is 4.71. The van der Waals surface area contributed by atoms with Crippen LogP contribution in [-0.4, -0.2) is 30.6 Å². The lowest BCUT2D eigenvalue weighted by Gasteiger charge is -2.17. The Morgan fingerprint density at radius 2 is 2.16 bits per heavy atom. The molecule has 5 nitrogen and oxygen atoms in total. The highest BCUT2D eigenvalue weighted by molar-refractivity contribution is 5.97. The molecule has 0 saturated heterocycles. The molecule has 1 aromatic rings. The molecule has 0 radical (unpaired) electrons. The zero-order chi connectivity index (χ0) is 14.6. The molecule has 106 valence electrons. The molecular weight excluding hydrogens is 263 g/mol. The van der Waals surface area contributed by atoms with Gasteiger partial charge in [0, 0.05) is 13.2 Å². The van der Waals surface area contributed by atoms with E-state index in [2.05, 4.69) is 10.3 Å². The highest BCUT2D eigenvalue weighted by Crippen LogP contribution is 2.29. The maximum absolute atomic E-state index is 12.6. The zero-order valence-electron chi connectivity index (χ0n) is 10.4. The van der Waals surface area contributed by atoms with Crippen molar-refractivity contribution in [2.45, 2.75) is 19.1 Å². The molecule has 19 heavy (non-hydrogen) atoms. The van der Waals surface area contributed by atoms with Gasteiger partial charge in [-0.2, -0.15) is 13.2 Å². The highest BCUT2D eigenvalue weighted by Gasteiger charge is 2.33. The molecule has 1 amide bonds. The van der Waals surface area contributed by atoms with Gasteiger partial charge in [0.2, 0.25) is 0 Å². The molecule has 1 rings (SSSR count). The summed E-state index contributed by atoms with van der Waals surface area (Å²) in [5, 5.41) is 2.67. The number of carbonyl (C=O) groups is 1. The van der Waals surface area contributed by atoms with Gasteiger partial charge >= 0.3 is 6.18 Å². The molecule has 0 aliphatic rings. The third-order valence-electron chi connectivity index (χ3n) is 2.25. The second-order valence-corrected chi connectivity index (χ2v) is 3.96. The Morgan fingerprint density at radius 1 is 1.53 bits per heavy atom. The minimum absolute atomic E-state index is 0.101. The number of alkyl halides is 3. The van der Waals surface area contributed by atoms with Gasteiger partial charge in [0.15, 0.2) is 0 Å². The normalized spacial score (nSPS) is 13.1. The quantitative estimate of drug-likeness (QED) is 0.857. The van der Waals surface area contributed by atoms with Crippen LogP contribution in [0.2, 0.25) is 0 Å². The molecule has 0 saturated carbocycles. The summed E-state index contributed by atoms with van der Waals surface area (Å²) in [6.45, 7) is 1.92. The predicted octanol–water partition coefficient (Wildman–Crippen LogP) is 1.65. The maximum atomic E-state index is 12.6. The number of amides is 1. The van der Waals surface area contributed by atoms with E-state index in [1.165, 1.54) is 7.11 Å². The van der Waals surface area contributed by atoms with Gasteiger partial charge in [0.1, 0.15) is 11.5 Å².